The van der Waals surface area contributed by atoms with Gasteiger partial charge in [0.2, 0.25) is 5.91 Å². The highest BCUT2D eigenvalue weighted by atomic mass is 32.1. The molecule has 1 aromatic heterocycles. The van der Waals surface area contributed by atoms with E-state index in [1.807, 2.05) is 11.0 Å². The van der Waals surface area contributed by atoms with Crippen LogP contribution in [-0.2, 0) is 4.79 Å². The first-order valence-electron chi connectivity index (χ1n) is 6.31. The normalized spacial score (nSPS) is 22.1. The predicted octanol–water partition coefficient (Wildman–Crippen LogP) is 2.41. The van der Waals surface area contributed by atoms with Gasteiger partial charge in [0, 0.05) is 11.4 Å². The molecule has 0 aromatic carbocycles. The molecule has 2 unspecified atom stereocenters. The maximum atomic E-state index is 12.2. The summed E-state index contributed by atoms with van der Waals surface area (Å²) in [6.07, 6.45) is 2.01. The second-order valence-corrected chi connectivity index (χ2v) is 5.50. The van der Waals surface area contributed by atoms with E-state index in [0.29, 0.717) is 0 Å². The molecule has 0 saturated carbocycles. The SMILES string of the molecule is CCCNC1CCN(C(C)c2cccs2)C1=O. The van der Waals surface area contributed by atoms with Crippen LogP contribution in [0.15, 0.2) is 17.5 Å². The number of likely N-dealkylation sites (tertiary alicyclic amines) is 1. The molecule has 1 aliphatic rings. The van der Waals surface area contributed by atoms with Crippen molar-refractivity contribution in [3.05, 3.63) is 22.4 Å². The van der Waals surface area contributed by atoms with Crippen molar-refractivity contribution in [2.75, 3.05) is 13.1 Å². The highest BCUT2D eigenvalue weighted by Crippen LogP contribution is 2.28. The molecule has 17 heavy (non-hydrogen) atoms. The lowest BCUT2D eigenvalue weighted by Crippen LogP contribution is -2.39. The second kappa shape index (κ2) is 5.65. The third kappa shape index (κ3) is 2.69. The molecule has 1 aromatic rings. The van der Waals surface area contributed by atoms with E-state index in [2.05, 4.69) is 30.6 Å². The highest BCUT2D eigenvalue weighted by molar-refractivity contribution is 7.10. The minimum Gasteiger partial charge on any atom is -0.334 e. The van der Waals surface area contributed by atoms with Gasteiger partial charge in [0.15, 0.2) is 0 Å². The molecule has 2 heterocycles. The summed E-state index contributed by atoms with van der Waals surface area (Å²) in [5, 5.41) is 5.39. The van der Waals surface area contributed by atoms with E-state index in [1.165, 1.54) is 4.88 Å². The second-order valence-electron chi connectivity index (χ2n) is 4.52. The van der Waals surface area contributed by atoms with Gasteiger partial charge in [0.1, 0.15) is 0 Å². The number of thiophene rings is 1. The predicted molar refractivity (Wildman–Crippen MR) is 71.1 cm³/mol. The zero-order chi connectivity index (χ0) is 12.3. The van der Waals surface area contributed by atoms with E-state index in [1.54, 1.807) is 11.3 Å². The molecule has 2 rings (SSSR count). The van der Waals surface area contributed by atoms with Crippen molar-refractivity contribution in [1.29, 1.82) is 0 Å². The Balaban J connectivity index is 1.97. The Labute approximate surface area is 107 Å². The van der Waals surface area contributed by atoms with Gasteiger partial charge in [-0.25, -0.2) is 0 Å². The minimum atomic E-state index is 0.0392. The van der Waals surface area contributed by atoms with Crippen LogP contribution < -0.4 is 5.32 Å². The maximum absolute atomic E-state index is 12.2. The Morgan fingerprint density at radius 1 is 1.65 bits per heavy atom. The summed E-state index contributed by atoms with van der Waals surface area (Å²) in [6, 6.07) is 4.41. The van der Waals surface area contributed by atoms with Crippen molar-refractivity contribution in [2.24, 2.45) is 0 Å². The Kier molecular flexibility index (Phi) is 4.18. The van der Waals surface area contributed by atoms with Gasteiger partial charge in [-0.3, -0.25) is 4.79 Å². The number of carbonyl (C=O) groups is 1. The van der Waals surface area contributed by atoms with Gasteiger partial charge >= 0.3 is 0 Å². The summed E-state index contributed by atoms with van der Waals surface area (Å²) in [7, 11) is 0. The molecule has 1 aliphatic heterocycles. The molecule has 0 aliphatic carbocycles. The van der Waals surface area contributed by atoms with Crippen LogP contribution in [0.25, 0.3) is 0 Å². The summed E-state index contributed by atoms with van der Waals surface area (Å²) >= 11 is 1.72. The van der Waals surface area contributed by atoms with Crippen LogP contribution in [0, 0.1) is 0 Å². The van der Waals surface area contributed by atoms with Crippen LogP contribution in [0.5, 0.6) is 0 Å². The Morgan fingerprint density at radius 2 is 2.47 bits per heavy atom. The van der Waals surface area contributed by atoms with Crippen molar-refractivity contribution in [2.45, 2.75) is 38.8 Å². The van der Waals surface area contributed by atoms with Crippen molar-refractivity contribution < 1.29 is 4.79 Å². The number of hydrogen-bond donors (Lipinski definition) is 1. The molecule has 2 atom stereocenters. The summed E-state index contributed by atoms with van der Waals surface area (Å²) in [4.78, 5) is 15.5. The lowest BCUT2D eigenvalue weighted by molar-refractivity contribution is -0.131. The van der Waals surface area contributed by atoms with Gasteiger partial charge in [-0.1, -0.05) is 13.0 Å². The summed E-state index contributed by atoms with van der Waals surface area (Å²) in [6.45, 7) is 6.04. The van der Waals surface area contributed by atoms with Gasteiger partial charge in [-0.15, -0.1) is 11.3 Å². The molecule has 3 nitrogen and oxygen atoms in total. The first-order valence-corrected chi connectivity index (χ1v) is 7.19. The molecule has 0 bridgehead atoms. The largest absolute Gasteiger partial charge is 0.334 e. The first-order chi connectivity index (χ1) is 8.24. The molecule has 1 saturated heterocycles. The lowest BCUT2D eigenvalue weighted by atomic mass is 10.2. The first kappa shape index (κ1) is 12.6. The van der Waals surface area contributed by atoms with Gasteiger partial charge < -0.3 is 10.2 Å². The molecule has 1 amide bonds. The fraction of sp³-hybridized carbons (Fsp3) is 0.615. The van der Waals surface area contributed by atoms with E-state index in [-0.39, 0.29) is 18.0 Å². The average Bonchev–Trinajstić information content (AvgIpc) is 2.95. The molecular weight excluding hydrogens is 232 g/mol. The van der Waals surface area contributed by atoms with Gasteiger partial charge in [-0.2, -0.15) is 0 Å². The number of carbonyl (C=O) groups excluding carboxylic acids is 1. The number of rotatable bonds is 5. The number of nitrogens with one attached hydrogen (secondary N) is 1. The Hall–Kier alpha value is -0.870. The van der Waals surface area contributed by atoms with Crippen LogP contribution in [0.3, 0.4) is 0 Å². The van der Waals surface area contributed by atoms with E-state index in [9.17, 15) is 4.79 Å². The quantitative estimate of drug-likeness (QED) is 0.873. The van der Waals surface area contributed by atoms with Gasteiger partial charge in [0.05, 0.1) is 12.1 Å². The topological polar surface area (TPSA) is 32.3 Å². The van der Waals surface area contributed by atoms with E-state index in [4.69, 9.17) is 0 Å². The van der Waals surface area contributed by atoms with E-state index >= 15 is 0 Å². The Bertz CT molecular complexity index is 364. The monoisotopic (exact) mass is 252 g/mol. The van der Waals surface area contributed by atoms with E-state index < -0.39 is 0 Å². The van der Waals surface area contributed by atoms with Crippen LogP contribution in [0.1, 0.15) is 37.6 Å². The molecule has 1 fully saturated rings. The molecule has 4 heteroatoms. The van der Waals surface area contributed by atoms with Crippen LogP contribution in [0.4, 0.5) is 0 Å². The third-order valence-electron chi connectivity index (χ3n) is 3.30. The number of amides is 1. The van der Waals surface area contributed by atoms with Crippen molar-refractivity contribution in [3.63, 3.8) is 0 Å². The molecule has 0 spiro atoms. The third-order valence-corrected chi connectivity index (χ3v) is 4.35. The fourth-order valence-corrected chi connectivity index (χ4v) is 3.07. The fourth-order valence-electron chi connectivity index (χ4n) is 2.28. The van der Waals surface area contributed by atoms with Crippen LogP contribution in [-0.4, -0.2) is 29.9 Å². The smallest absolute Gasteiger partial charge is 0.240 e. The van der Waals surface area contributed by atoms with Crippen LogP contribution >= 0.6 is 11.3 Å². The zero-order valence-electron chi connectivity index (χ0n) is 10.5. The maximum Gasteiger partial charge on any atom is 0.240 e. The molecular formula is C13H20N2OS. The van der Waals surface area contributed by atoms with Crippen LogP contribution in [0.2, 0.25) is 0 Å². The number of hydrogen-bond acceptors (Lipinski definition) is 3. The standard InChI is InChI=1S/C13H20N2OS/c1-3-7-14-11-6-8-15(13(11)16)10(2)12-5-4-9-17-12/h4-5,9-11,14H,3,6-8H2,1-2H3. The minimum absolute atomic E-state index is 0.0392. The zero-order valence-corrected chi connectivity index (χ0v) is 11.3. The molecule has 94 valence electrons. The summed E-state index contributed by atoms with van der Waals surface area (Å²) in [5.74, 6) is 0.263. The van der Waals surface area contributed by atoms with Crippen molar-refractivity contribution in [1.82, 2.24) is 10.2 Å². The van der Waals surface area contributed by atoms with Gasteiger partial charge in [-0.05, 0) is 37.8 Å². The average molecular weight is 252 g/mol. The summed E-state index contributed by atoms with van der Waals surface area (Å²) < 4.78 is 0. The van der Waals surface area contributed by atoms with E-state index in [0.717, 1.165) is 25.9 Å². The van der Waals surface area contributed by atoms with Gasteiger partial charge in [0.25, 0.3) is 0 Å². The number of nitrogens with zero attached hydrogens (tertiary/aromatic N) is 1. The van der Waals surface area contributed by atoms with Crippen molar-refractivity contribution in [3.8, 4) is 0 Å². The lowest BCUT2D eigenvalue weighted by Gasteiger charge is -2.24. The Morgan fingerprint density at radius 3 is 3.12 bits per heavy atom. The molecule has 0 radical (unpaired) electrons. The van der Waals surface area contributed by atoms with Crippen molar-refractivity contribution >= 4 is 17.2 Å². The highest BCUT2D eigenvalue weighted by Gasteiger charge is 2.34. The molecule has 1 N–H and O–H groups in total. The summed E-state index contributed by atoms with van der Waals surface area (Å²) in [5.41, 5.74) is 0.